The molecule has 0 aromatic rings. The molecule has 3 heteroatoms. The van der Waals surface area contributed by atoms with Gasteiger partial charge in [-0.05, 0) is 56.8 Å². The zero-order chi connectivity index (χ0) is 19.0. The molecule has 0 N–H and O–H groups in total. The molecule has 0 aliphatic rings. The molecule has 0 aromatic carbocycles. The van der Waals surface area contributed by atoms with Gasteiger partial charge in [0.05, 0.1) is 0 Å². The summed E-state index contributed by atoms with van der Waals surface area (Å²) in [5, 5.41) is 0. The third-order valence-corrected chi connectivity index (χ3v) is 4.79. The summed E-state index contributed by atoms with van der Waals surface area (Å²) in [7, 11) is 0. The lowest BCUT2D eigenvalue weighted by Crippen LogP contribution is -2.24. The molecule has 136 valence electrons. The average Bonchev–Trinajstić information content (AvgIpc) is 2.52. The summed E-state index contributed by atoms with van der Waals surface area (Å²) in [6, 6.07) is 0. The van der Waals surface area contributed by atoms with Crippen molar-refractivity contribution in [3.05, 3.63) is 35.2 Å². The summed E-state index contributed by atoms with van der Waals surface area (Å²) in [6.07, 6.45) is 2.74. The molecule has 0 saturated carbocycles. The number of carbonyl (C=O) groups is 2. The van der Waals surface area contributed by atoms with Crippen molar-refractivity contribution in [3.63, 3.8) is 0 Å². The fraction of sp³-hybridized carbons (Fsp3) is 0.619. The van der Waals surface area contributed by atoms with Crippen LogP contribution in [0, 0.1) is 17.8 Å². The van der Waals surface area contributed by atoms with Gasteiger partial charge in [-0.15, -0.1) is 0 Å². The highest BCUT2D eigenvalue weighted by Crippen LogP contribution is 2.29. The van der Waals surface area contributed by atoms with Gasteiger partial charge in [-0.1, -0.05) is 39.8 Å². The molecule has 0 rings (SSSR count). The van der Waals surface area contributed by atoms with Crippen LogP contribution in [0.3, 0.4) is 0 Å². The molecular weight excluding hydrogens is 303 g/mol. The van der Waals surface area contributed by atoms with Gasteiger partial charge in [0, 0.05) is 18.3 Å². The Kier molecular flexibility index (Phi) is 9.72. The molecule has 0 fully saturated rings. The molecule has 0 amide bonds. The molecule has 2 unspecified atom stereocenters. The Morgan fingerprint density at radius 1 is 1.12 bits per heavy atom. The molecule has 0 bridgehead atoms. The topological polar surface area (TPSA) is 34.1 Å². The first-order chi connectivity index (χ1) is 11.0. The Hall–Kier alpha value is -1.51. The maximum Gasteiger partial charge on any atom is 0.143 e. The van der Waals surface area contributed by atoms with E-state index in [1.165, 1.54) is 13.0 Å². The van der Waals surface area contributed by atoms with E-state index in [4.69, 9.17) is 0 Å². The predicted octanol–water partition coefficient (Wildman–Crippen LogP) is 5.99. The Bertz CT molecular complexity index is 538. The Labute approximate surface area is 146 Å². The van der Waals surface area contributed by atoms with E-state index in [-0.39, 0.29) is 29.5 Å². The van der Waals surface area contributed by atoms with E-state index in [0.29, 0.717) is 18.8 Å². The lowest BCUT2D eigenvalue weighted by molar-refractivity contribution is -0.125. The highest BCUT2D eigenvalue weighted by Gasteiger charge is 2.27. The van der Waals surface area contributed by atoms with Gasteiger partial charge in [0.2, 0.25) is 0 Å². The molecule has 0 heterocycles. The molecule has 0 aliphatic heterocycles. The number of hydrogen-bond acceptors (Lipinski definition) is 2. The summed E-state index contributed by atoms with van der Waals surface area (Å²) < 4.78 is 14.7. The van der Waals surface area contributed by atoms with Crippen molar-refractivity contribution in [1.82, 2.24) is 0 Å². The van der Waals surface area contributed by atoms with E-state index in [1.54, 1.807) is 0 Å². The maximum atomic E-state index is 14.7. The number of carbonyl (C=O) groups excluding carboxylic acids is 2. The molecule has 2 nitrogen and oxygen atoms in total. The predicted molar refractivity (Wildman–Crippen MR) is 99.4 cm³/mol. The molecular formula is C21H33FO2. The van der Waals surface area contributed by atoms with Gasteiger partial charge >= 0.3 is 0 Å². The first-order valence-corrected chi connectivity index (χ1v) is 8.79. The van der Waals surface area contributed by atoms with Crippen LogP contribution in [0.2, 0.25) is 0 Å². The van der Waals surface area contributed by atoms with E-state index in [0.717, 1.165) is 11.1 Å². The minimum atomic E-state index is -0.632. The molecule has 2 atom stereocenters. The number of halogens is 1. The van der Waals surface area contributed by atoms with Crippen LogP contribution in [0.1, 0.15) is 67.7 Å². The lowest BCUT2D eigenvalue weighted by atomic mass is 9.83. The Morgan fingerprint density at radius 2 is 1.67 bits per heavy atom. The van der Waals surface area contributed by atoms with Gasteiger partial charge in [-0.3, -0.25) is 4.79 Å². The van der Waals surface area contributed by atoms with Crippen LogP contribution in [-0.4, -0.2) is 11.6 Å². The Balaban J connectivity index is 5.54. The second-order valence-electron chi connectivity index (χ2n) is 7.04. The van der Waals surface area contributed by atoms with Crippen molar-refractivity contribution < 1.29 is 14.0 Å². The highest BCUT2D eigenvalue weighted by molar-refractivity contribution is 5.87. The van der Waals surface area contributed by atoms with Crippen molar-refractivity contribution >= 4 is 11.6 Å². The van der Waals surface area contributed by atoms with Crippen molar-refractivity contribution in [3.8, 4) is 0 Å². The average molecular weight is 336 g/mol. The van der Waals surface area contributed by atoms with Gasteiger partial charge in [-0.25, -0.2) is 4.39 Å². The van der Waals surface area contributed by atoms with Crippen LogP contribution < -0.4 is 0 Å². The highest BCUT2D eigenvalue weighted by atomic mass is 19.1. The van der Waals surface area contributed by atoms with Crippen molar-refractivity contribution in [2.45, 2.75) is 67.7 Å². The molecule has 24 heavy (non-hydrogen) atoms. The largest absolute Gasteiger partial charge is 0.300 e. The van der Waals surface area contributed by atoms with Crippen LogP contribution in [-0.2, 0) is 9.59 Å². The number of ketones is 2. The van der Waals surface area contributed by atoms with Gasteiger partial charge in [0.1, 0.15) is 17.4 Å². The summed E-state index contributed by atoms with van der Waals surface area (Å²) in [4.78, 5) is 23.9. The zero-order valence-electron chi connectivity index (χ0n) is 16.3. The van der Waals surface area contributed by atoms with Gasteiger partial charge in [-0.2, -0.15) is 0 Å². The first kappa shape index (κ1) is 22.5. The second-order valence-corrected chi connectivity index (χ2v) is 7.04. The van der Waals surface area contributed by atoms with E-state index in [1.807, 2.05) is 27.7 Å². The molecule has 0 aromatic heterocycles. The van der Waals surface area contributed by atoms with Crippen molar-refractivity contribution in [2.75, 3.05) is 0 Å². The number of allylic oxidation sites excluding steroid dienone is 5. The molecule has 0 aliphatic carbocycles. The summed E-state index contributed by atoms with van der Waals surface area (Å²) in [6.45, 7) is 17.0. The molecule has 0 saturated heterocycles. The standard InChI is InChI=1S/C21H33FO2/c1-9-14(4)21(24)19(11-10-16(6)23)18(8)20(22)12-15(5)17(7)13(2)3/h12-14,19H,8-11H2,1-7H3/b17-15-,20-12+. The van der Waals surface area contributed by atoms with Crippen LogP contribution in [0.15, 0.2) is 35.2 Å². The van der Waals surface area contributed by atoms with Crippen LogP contribution >= 0.6 is 0 Å². The molecule has 0 spiro atoms. The number of hydrogen-bond donors (Lipinski definition) is 0. The summed E-state index contributed by atoms with van der Waals surface area (Å²) in [5.74, 6) is -0.960. The first-order valence-electron chi connectivity index (χ1n) is 8.79. The minimum Gasteiger partial charge on any atom is -0.300 e. The zero-order valence-corrected chi connectivity index (χ0v) is 16.3. The minimum absolute atomic E-state index is 0.000804. The normalized spacial score (nSPS) is 15.8. The van der Waals surface area contributed by atoms with Gasteiger partial charge < -0.3 is 4.79 Å². The van der Waals surface area contributed by atoms with Gasteiger partial charge in [0.15, 0.2) is 0 Å². The third kappa shape index (κ3) is 6.94. The van der Waals surface area contributed by atoms with E-state index in [9.17, 15) is 14.0 Å². The van der Waals surface area contributed by atoms with E-state index in [2.05, 4.69) is 20.4 Å². The lowest BCUT2D eigenvalue weighted by Gasteiger charge is -2.20. The quantitative estimate of drug-likeness (QED) is 0.459. The monoisotopic (exact) mass is 336 g/mol. The van der Waals surface area contributed by atoms with Crippen LogP contribution in [0.25, 0.3) is 0 Å². The fourth-order valence-corrected chi connectivity index (χ4v) is 2.40. The summed E-state index contributed by atoms with van der Waals surface area (Å²) in [5.41, 5.74) is 2.15. The Morgan fingerprint density at radius 3 is 2.08 bits per heavy atom. The van der Waals surface area contributed by atoms with Crippen LogP contribution in [0.4, 0.5) is 4.39 Å². The summed E-state index contributed by atoms with van der Waals surface area (Å²) >= 11 is 0. The van der Waals surface area contributed by atoms with E-state index < -0.39 is 11.7 Å². The number of rotatable bonds is 10. The van der Waals surface area contributed by atoms with Crippen molar-refractivity contribution in [2.24, 2.45) is 17.8 Å². The van der Waals surface area contributed by atoms with E-state index >= 15 is 0 Å². The number of Topliss-reactive ketones (excluding diaryl/α,β-unsaturated/α-hetero) is 2. The smallest absolute Gasteiger partial charge is 0.143 e. The maximum absolute atomic E-state index is 14.7. The SMILES string of the molecule is C=C(/C(F)=C\C(C)=C(\C)C(C)C)C(CCC(C)=O)C(=O)C(C)CC. The third-order valence-electron chi connectivity index (χ3n) is 4.79. The van der Waals surface area contributed by atoms with Gasteiger partial charge in [0.25, 0.3) is 0 Å². The fourth-order valence-electron chi connectivity index (χ4n) is 2.40. The van der Waals surface area contributed by atoms with Crippen LogP contribution in [0.5, 0.6) is 0 Å². The molecule has 0 radical (unpaired) electrons. The van der Waals surface area contributed by atoms with Crippen molar-refractivity contribution in [1.29, 1.82) is 0 Å². The second kappa shape index (κ2) is 10.4.